The number of ether oxygens (including phenoxy) is 2. The Hall–Kier alpha value is -4.18. The highest BCUT2D eigenvalue weighted by atomic mass is 32.2. The van der Waals surface area contributed by atoms with Crippen LogP contribution in [-0.4, -0.2) is 51.3 Å². The second-order valence-electron chi connectivity index (χ2n) is 7.31. The number of pyridine rings is 1. The monoisotopic (exact) mass is 488 g/mol. The van der Waals surface area contributed by atoms with Crippen LogP contribution in [0.25, 0.3) is 17.1 Å². The van der Waals surface area contributed by atoms with Crippen molar-refractivity contribution >= 4 is 23.4 Å². The zero-order valence-electron chi connectivity index (χ0n) is 19.5. The fourth-order valence-electron chi connectivity index (χ4n) is 3.29. The molecule has 0 atom stereocenters. The molecule has 0 saturated carbocycles. The SMILES string of the molecule is COc1ccc(-c2nnc(SCC(=O)NN=C(C)c3cccnc3)n2-c2ccccc2)cc1OC. The molecular weight excluding hydrogens is 464 g/mol. The van der Waals surface area contributed by atoms with Crippen molar-refractivity contribution in [2.24, 2.45) is 5.10 Å². The summed E-state index contributed by atoms with van der Waals surface area (Å²) < 4.78 is 12.7. The number of methoxy groups -OCH3 is 2. The maximum atomic E-state index is 12.5. The first-order valence-electron chi connectivity index (χ1n) is 10.7. The van der Waals surface area contributed by atoms with E-state index in [4.69, 9.17) is 9.47 Å². The standard InChI is InChI=1S/C25H24N6O3S/c1-17(19-8-7-13-26-15-19)27-28-23(32)16-35-25-30-29-24(31(25)20-9-5-4-6-10-20)18-11-12-21(33-2)22(14-18)34-3/h4-15H,16H2,1-3H3,(H,28,32). The molecule has 0 spiro atoms. The third-order valence-electron chi connectivity index (χ3n) is 5.05. The van der Waals surface area contributed by atoms with Crippen LogP contribution in [0, 0.1) is 0 Å². The van der Waals surface area contributed by atoms with Gasteiger partial charge in [0.1, 0.15) is 0 Å². The van der Waals surface area contributed by atoms with E-state index in [9.17, 15) is 4.79 Å². The van der Waals surface area contributed by atoms with E-state index in [0.717, 1.165) is 16.8 Å². The van der Waals surface area contributed by atoms with Crippen molar-refractivity contribution in [1.29, 1.82) is 0 Å². The van der Waals surface area contributed by atoms with Crippen molar-refractivity contribution in [2.75, 3.05) is 20.0 Å². The number of nitrogens with zero attached hydrogens (tertiary/aromatic N) is 5. The molecule has 0 radical (unpaired) electrons. The van der Waals surface area contributed by atoms with Gasteiger partial charge in [-0.25, -0.2) is 5.43 Å². The van der Waals surface area contributed by atoms with Crippen LogP contribution >= 0.6 is 11.8 Å². The summed E-state index contributed by atoms with van der Waals surface area (Å²) in [5, 5.41) is 13.5. The number of carbonyl (C=O) groups excluding carboxylic acids is 1. The molecule has 0 unspecified atom stereocenters. The van der Waals surface area contributed by atoms with Gasteiger partial charge in [0.15, 0.2) is 22.5 Å². The van der Waals surface area contributed by atoms with E-state index >= 15 is 0 Å². The third kappa shape index (κ3) is 5.67. The molecule has 0 aliphatic heterocycles. The zero-order valence-corrected chi connectivity index (χ0v) is 20.3. The number of amides is 1. The highest BCUT2D eigenvalue weighted by Gasteiger charge is 2.18. The Balaban J connectivity index is 1.57. The summed E-state index contributed by atoms with van der Waals surface area (Å²) in [7, 11) is 3.17. The van der Waals surface area contributed by atoms with Crippen LogP contribution in [0.15, 0.2) is 83.3 Å². The van der Waals surface area contributed by atoms with Crippen LogP contribution in [0.4, 0.5) is 0 Å². The summed E-state index contributed by atoms with van der Waals surface area (Å²) in [4.78, 5) is 16.6. The maximum Gasteiger partial charge on any atom is 0.250 e. The normalized spacial score (nSPS) is 11.2. The number of benzene rings is 2. The quantitative estimate of drug-likeness (QED) is 0.216. The van der Waals surface area contributed by atoms with Gasteiger partial charge < -0.3 is 9.47 Å². The highest BCUT2D eigenvalue weighted by molar-refractivity contribution is 7.99. The van der Waals surface area contributed by atoms with Gasteiger partial charge in [0.25, 0.3) is 5.91 Å². The molecule has 0 bridgehead atoms. The molecule has 0 fully saturated rings. The van der Waals surface area contributed by atoms with Gasteiger partial charge in [-0.05, 0) is 43.3 Å². The summed E-state index contributed by atoms with van der Waals surface area (Å²) in [5.41, 5.74) is 5.76. The molecule has 2 aromatic heterocycles. The Bertz CT molecular complexity index is 1330. The van der Waals surface area contributed by atoms with Crippen LogP contribution in [0.2, 0.25) is 0 Å². The number of hydrogen-bond donors (Lipinski definition) is 1. The van der Waals surface area contributed by atoms with E-state index in [0.29, 0.717) is 28.2 Å². The molecule has 35 heavy (non-hydrogen) atoms. The number of thioether (sulfide) groups is 1. The number of carbonyl (C=O) groups is 1. The molecule has 1 amide bonds. The Labute approximate surface area is 207 Å². The lowest BCUT2D eigenvalue weighted by Crippen LogP contribution is -2.21. The number of hydrazone groups is 1. The van der Waals surface area contributed by atoms with E-state index in [2.05, 4.69) is 25.7 Å². The number of para-hydroxylation sites is 1. The van der Waals surface area contributed by atoms with Crippen LogP contribution < -0.4 is 14.9 Å². The van der Waals surface area contributed by atoms with Crippen molar-refractivity contribution in [1.82, 2.24) is 25.2 Å². The van der Waals surface area contributed by atoms with E-state index < -0.39 is 0 Å². The van der Waals surface area contributed by atoms with Crippen molar-refractivity contribution in [3.63, 3.8) is 0 Å². The number of aromatic nitrogens is 4. The molecule has 2 aromatic carbocycles. The predicted octanol–water partition coefficient (Wildman–Crippen LogP) is 3.98. The van der Waals surface area contributed by atoms with E-state index in [1.165, 1.54) is 11.8 Å². The minimum atomic E-state index is -0.256. The molecule has 10 heteroatoms. The van der Waals surface area contributed by atoms with E-state index in [1.807, 2.05) is 72.2 Å². The average Bonchev–Trinajstić information content (AvgIpc) is 3.35. The first kappa shape index (κ1) is 24.0. The van der Waals surface area contributed by atoms with E-state index in [-0.39, 0.29) is 11.7 Å². The van der Waals surface area contributed by atoms with Crippen molar-refractivity contribution in [2.45, 2.75) is 12.1 Å². The Morgan fingerprint density at radius 2 is 1.83 bits per heavy atom. The second kappa shape index (κ2) is 11.3. The fourth-order valence-corrected chi connectivity index (χ4v) is 4.03. The molecule has 178 valence electrons. The molecule has 9 nitrogen and oxygen atoms in total. The molecule has 4 rings (SSSR count). The van der Waals surface area contributed by atoms with Gasteiger partial charge in [-0.15, -0.1) is 10.2 Å². The first-order chi connectivity index (χ1) is 17.1. The summed E-state index contributed by atoms with van der Waals surface area (Å²) in [5.74, 6) is 1.68. The van der Waals surface area contributed by atoms with Crippen LogP contribution in [-0.2, 0) is 4.79 Å². The summed E-state index contributed by atoms with van der Waals surface area (Å²) in [6.45, 7) is 1.81. The van der Waals surface area contributed by atoms with Crippen molar-refractivity contribution in [3.8, 4) is 28.6 Å². The maximum absolute atomic E-state index is 12.5. The van der Waals surface area contributed by atoms with Gasteiger partial charge >= 0.3 is 0 Å². The summed E-state index contributed by atoms with van der Waals surface area (Å²) in [6, 6.07) is 19.0. The fraction of sp³-hybridized carbons (Fsp3) is 0.160. The zero-order chi connectivity index (χ0) is 24.6. The Kier molecular flexibility index (Phi) is 7.74. The minimum absolute atomic E-state index is 0.112. The van der Waals surface area contributed by atoms with Crippen molar-refractivity contribution in [3.05, 3.63) is 78.6 Å². The van der Waals surface area contributed by atoms with E-state index in [1.54, 1.807) is 26.6 Å². The first-order valence-corrected chi connectivity index (χ1v) is 11.7. The molecule has 0 aliphatic carbocycles. The minimum Gasteiger partial charge on any atom is -0.493 e. The number of nitrogens with one attached hydrogen (secondary N) is 1. The van der Waals surface area contributed by atoms with Crippen LogP contribution in [0.1, 0.15) is 12.5 Å². The lowest BCUT2D eigenvalue weighted by molar-refractivity contribution is -0.118. The van der Waals surface area contributed by atoms with Gasteiger partial charge in [-0.1, -0.05) is 36.0 Å². The molecule has 4 aromatic rings. The van der Waals surface area contributed by atoms with Crippen LogP contribution in [0.5, 0.6) is 11.5 Å². The lowest BCUT2D eigenvalue weighted by atomic mass is 10.2. The average molecular weight is 489 g/mol. The van der Waals surface area contributed by atoms with Crippen molar-refractivity contribution < 1.29 is 14.3 Å². The topological polar surface area (TPSA) is 104 Å². The smallest absolute Gasteiger partial charge is 0.250 e. The molecular formula is C25H24N6O3S. The second-order valence-corrected chi connectivity index (χ2v) is 8.25. The highest BCUT2D eigenvalue weighted by Crippen LogP contribution is 2.34. The molecule has 2 heterocycles. The predicted molar refractivity (Wildman–Crippen MR) is 135 cm³/mol. The van der Waals surface area contributed by atoms with Gasteiger partial charge in [0, 0.05) is 29.2 Å². The van der Waals surface area contributed by atoms with Crippen LogP contribution in [0.3, 0.4) is 0 Å². The number of hydrogen-bond acceptors (Lipinski definition) is 8. The summed E-state index contributed by atoms with van der Waals surface area (Å²) in [6.07, 6.45) is 3.38. The Morgan fingerprint density at radius 3 is 2.54 bits per heavy atom. The number of rotatable bonds is 9. The third-order valence-corrected chi connectivity index (χ3v) is 5.98. The molecule has 0 aliphatic rings. The van der Waals surface area contributed by atoms with Gasteiger partial charge in [0.05, 0.1) is 25.7 Å². The molecule has 1 N–H and O–H groups in total. The van der Waals surface area contributed by atoms with Gasteiger partial charge in [-0.3, -0.25) is 14.3 Å². The largest absolute Gasteiger partial charge is 0.493 e. The van der Waals surface area contributed by atoms with Gasteiger partial charge in [-0.2, -0.15) is 5.10 Å². The summed E-state index contributed by atoms with van der Waals surface area (Å²) >= 11 is 1.27. The Morgan fingerprint density at radius 1 is 1.03 bits per heavy atom. The molecule has 0 saturated heterocycles. The lowest BCUT2D eigenvalue weighted by Gasteiger charge is -2.12. The van der Waals surface area contributed by atoms with Gasteiger partial charge in [0.2, 0.25) is 0 Å².